The molecule has 1 fully saturated rings. The largest absolute Gasteiger partial charge is 0.480 e. The fraction of sp³-hybridized carbons (Fsp3) is 0.333. The third-order valence-electron chi connectivity index (χ3n) is 4.47. The lowest BCUT2D eigenvalue weighted by Crippen LogP contribution is -2.47. The van der Waals surface area contributed by atoms with E-state index in [2.05, 4.69) is 41.9 Å². The molecule has 1 aromatic carbocycles. The lowest BCUT2D eigenvalue weighted by atomic mass is 10.2. The fourth-order valence-corrected chi connectivity index (χ4v) is 3.09. The highest BCUT2D eigenvalue weighted by Crippen LogP contribution is 2.27. The van der Waals surface area contributed by atoms with Gasteiger partial charge in [0, 0.05) is 44.3 Å². The maximum atomic E-state index is 5.36. The zero-order valence-electron chi connectivity index (χ0n) is 14.4. The van der Waals surface area contributed by atoms with Crippen molar-refractivity contribution in [2.45, 2.75) is 6.92 Å². The molecular weight excluding hydrogens is 316 g/mol. The fourth-order valence-electron chi connectivity index (χ4n) is 3.09. The van der Waals surface area contributed by atoms with Crippen LogP contribution in [0.25, 0.3) is 10.9 Å². The Labute approximate surface area is 146 Å². The minimum atomic E-state index is 0.610. The summed E-state index contributed by atoms with van der Waals surface area (Å²) in [6.07, 6.45) is 5.26. The first-order valence-electron chi connectivity index (χ1n) is 8.32. The standard InChI is InChI=1S/C18H20N6O/c1-13-10-19-18(20-11-13)24-7-5-23(6-8-24)14-3-4-16-15(9-14)17(25-2)22-12-21-16/h3-4,9-12H,5-8H2,1-2H3. The molecule has 1 saturated heterocycles. The molecule has 1 aliphatic rings. The van der Waals surface area contributed by atoms with Gasteiger partial charge in [0.1, 0.15) is 6.33 Å². The number of ether oxygens (including phenoxy) is 1. The van der Waals surface area contributed by atoms with Crippen molar-refractivity contribution in [3.05, 3.63) is 42.5 Å². The van der Waals surface area contributed by atoms with E-state index in [-0.39, 0.29) is 0 Å². The molecule has 2 aromatic heterocycles. The maximum absolute atomic E-state index is 5.36. The molecule has 1 aliphatic heterocycles. The number of aromatic nitrogens is 4. The molecule has 25 heavy (non-hydrogen) atoms. The quantitative estimate of drug-likeness (QED) is 0.725. The van der Waals surface area contributed by atoms with Crippen molar-refractivity contribution in [1.82, 2.24) is 19.9 Å². The van der Waals surface area contributed by atoms with Gasteiger partial charge in [-0.15, -0.1) is 0 Å². The third-order valence-corrected chi connectivity index (χ3v) is 4.47. The van der Waals surface area contributed by atoms with Gasteiger partial charge in [-0.05, 0) is 30.7 Å². The zero-order valence-corrected chi connectivity index (χ0v) is 14.4. The highest BCUT2D eigenvalue weighted by Gasteiger charge is 2.19. The molecule has 0 amide bonds. The van der Waals surface area contributed by atoms with Crippen LogP contribution in [0.3, 0.4) is 0 Å². The highest BCUT2D eigenvalue weighted by molar-refractivity contribution is 5.86. The summed E-state index contributed by atoms with van der Waals surface area (Å²) in [6.45, 7) is 5.62. The van der Waals surface area contributed by atoms with Gasteiger partial charge in [-0.2, -0.15) is 0 Å². The van der Waals surface area contributed by atoms with Crippen LogP contribution in [0.1, 0.15) is 5.56 Å². The van der Waals surface area contributed by atoms with Gasteiger partial charge < -0.3 is 14.5 Å². The monoisotopic (exact) mass is 336 g/mol. The predicted octanol–water partition coefficient (Wildman–Crippen LogP) is 2.06. The van der Waals surface area contributed by atoms with Crippen molar-refractivity contribution in [3.8, 4) is 5.88 Å². The molecule has 0 atom stereocenters. The predicted molar refractivity (Wildman–Crippen MR) is 97.3 cm³/mol. The molecule has 0 unspecified atom stereocenters. The van der Waals surface area contributed by atoms with Gasteiger partial charge in [-0.25, -0.2) is 19.9 Å². The molecule has 0 aliphatic carbocycles. The van der Waals surface area contributed by atoms with Gasteiger partial charge in [-0.3, -0.25) is 0 Å². The minimum Gasteiger partial charge on any atom is -0.480 e. The summed E-state index contributed by atoms with van der Waals surface area (Å²) in [5.74, 6) is 1.41. The van der Waals surface area contributed by atoms with Crippen LogP contribution in [0, 0.1) is 6.92 Å². The van der Waals surface area contributed by atoms with Crippen LogP contribution in [0.2, 0.25) is 0 Å². The second-order valence-electron chi connectivity index (χ2n) is 6.12. The Morgan fingerprint density at radius 1 is 0.920 bits per heavy atom. The zero-order chi connectivity index (χ0) is 17.2. The van der Waals surface area contributed by atoms with Crippen molar-refractivity contribution >= 4 is 22.5 Å². The van der Waals surface area contributed by atoms with Gasteiger partial charge in [0.15, 0.2) is 0 Å². The molecule has 0 spiro atoms. The van der Waals surface area contributed by atoms with Crippen LogP contribution in [-0.2, 0) is 0 Å². The van der Waals surface area contributed by atoms with E-state index >= 15 is 0 Å². The molecular formula is C18H20N6O. The van der Waals surface area contributed by atoms with Crippen LogP contribution in [0.15, 0.2) is 36.9 Å². The summed E-state index contributed by atoms with van der Waals surface area (Å²) in [7, 11) is 1.63. The third kappa shape index (κ3) is 3.05. The van der Waals surface area contributed by atoms with E-state index in [9.17, 15) is 0 Å². The number of hydrogen-bond donors (Lipinski definition) is 0. The number of benzene rings is 1. The van der Waals surface area contributed by atoms with Gasteiger partial charge in [0.2, 0.25) is 11.8 Å². The highest BCUT2D eigenvalue weighted by atomic mass is 16.5. The van der Waals surface area contributed by atoms with Crippen molar-refractivity contribution in [2.75, 3.05) is 43.1 Å². The van der Waals surface area contributed by atoms with E-state index < -0.39 is 0 Å². The van der Waals surface area contributed by atoms with E-state index in [1.165, 1.54) is 6.33 Å². The smallest absolute Gasteiger partial charge is 0.225 e. The summed E-state index contributed by atoms with van der Waals surface area (Å²) in [4.78, 5) is 21.9. The van der Waals surface area contributed by atoms with E-state index in [0.717, 1.165) is 54.3 Å². The molecule has 7 nitrogen and oxygen atoms in total. The SMILES string of the molecule is COc1ncnc2ccc(N3CCN(c4ncc(C)cn4)CC3)cc12. The first kappa shape index (κ1) is 15.6. The summed E-state index contributed by atoms with van der Waals surface area (Å²) >= 11 is 0. The number of rotatable bonds is 3. The van der Waals surface area contributed by atoms with Gasteiger partial charge >= 0.3 is 0 Å². The molecule has 0 radical (unpaired) electrons. The lowest BCUT2D eigenvalue weighted by molar-refractivity contribution is 0.402. The van der Waals surface area contributed by atoms with Crippen molar-refractivity contribution < 1.29 is 4.74 Å². The van der Waals surface area contributed by atoms with Crippen LogP contribution in [0.4, 0.5) is 11.6 Å². The molecule has 0 bridgehead atoms. The summed E-state index contributed by atoms with van der Waals surface area (Å²) in [5.41, 5.74) is 3.13. The lowest BCUT2D eigenvalue weighted by Gasteiger charge is -2.36. The Hall–Kier alpha value is -2.96. The normalized spacial score (nSPS) is 14.8. The molecule has 3 aromatic rings. The number of methoxy groups -OCH3 is 1. The number of hydrogen-bond acceptors (Lipinski definition) is 7. The second-order valence-corrected chi connectivity index (χ2v) is 6.12. The summed E-state index contributed by atoms with van der Waals surface area (Å²) < 4.78 is 5.36. The van der Waals surface area contributed by atoms with Crippen molar-refractivity contribution in [3.63, 3.8) is 0 Å². The van der Waals surface area contributed by atoms with Crippen molar-refractivity contribution in [1.29, 1.82) is 0 Å². The maximum Gasteiger partial charge on any atom is 0.225 e. The number of anilines is 2. The number of aryl methyl sites for hydroxylation is 1. The van der Waals surface area contributed by atoms with Crippen LogP contribution in [0.5, 0.6) is 5.88 Å². The van der Waals surface area contributed by atoms with Crippen LogP contribution in [-0.4, -0.2) is 53.2 Å². The molecule has 4 rings (SSSR count). The Kier molecular flexibility index (Phi) is 4.05. The molecule has 3 heterocycles. The van der Waals surface area contributed by atoms with Gasteiger partial charge in [0.05, 0.1) is 18.0 Å². The Morgan fingerprint density at radius 3 is 2.36 bits per heavy atom. The average Bonchev–Trinajstić information content (AvgIpc) is 2.68. The van der Waals surface area contributed by atoms with E-state index in [4.69, 9.17) is 4.74 Å². The molecule has 7 heteroatoms. The summed E-state index contributed by atoms with van der Waals surface area (Å²) in [5, 5.41) is 0.937. The Balaban J connectivity index is 1.52. The number of piperazine rings is 1. The van der Waals surface area contributed by atoms with Crippen LogP contribution < -0.4 is 14.5 Å². The molecule has 0 N–H and O–H groups in total. The van der Waals surface area contributed by atoms with E-state index in [1.807, 2.05) is 25.4 Å². The first-order valence-corrected chi connectivity index (χ1v) is 8.32. The number of nitrogens with zero attached hydrogens (tertiary/aromatic N) is 6. The van der Waals surface area contributed by atoms with Gasteiger partial charge in [-0.1, -0.05) is 0 Å². The average molecular weight is 336 g/mol. The molecule has 128 valence electrons. The first-order chi connectivity index (χ1) is 12.2. The van der Waals surface area contributed by atoms with E-state index in [1.54, 1.807) is 7.11 Å². The van der Waals surface area contributed by atoms with E-state index in [0.29, 0.717) is 5.88 Å². The minimum absolute atomic E-state index is 0.610. The van der Waals surface area contributed by atoms with Crippen LogP contribution >= 0.6 is 0 Å². The van der Waals surface area contributed by atoms with Gasteiger partial charge in [0.25, 0.3) is 0 Å². The summed E-state index contributed by atoms with van der Waals surface area (Å²) in [6, 6.07) is 6.23. The number of fused-ring (bicyclic) bond motifs is 1. The van der Waals surface area contributed by atoms with Crippen molar-refractivity contribution in [2.24, 2.45) is 0 Å². The Bertz CT molecular complexity index is 874. The second kappa shape index (κ2) is 6.51. The topological polar surface area (TPSA) is 67.3 Å². The Morgan fingerprint density at radius 2 is 1.64 bits per heavy atom. The molecule has 0 saturated carbocycles.